The lowest BCUT2D eigenvalue weighted by Gasteiger charge is -2.25. The quantitative estimate of drug-likeness (QED) is 0.210. The van der Waals surface area contributed by atoms with Gasteiger partial charge in [-0.15, -0.1) is 11.3 Å². The van der Waals surface area contributed by atoms with E-state index >= 15 is 0 Å². The predicted octanol–water partition coefficient (Wildman–Crippen LogP) is 12.2. The van der Waals surface area contributed by atoms with Gasteiger partial charge in [0.1, 0.15) is 11.2 Å². The predicted molar refractivity (Wildman–Crippen MR) is 184 cm³/mol. The fraction of sp³-hybridized carbons (Fsp3) is 0. The summed E-state index contributed by atoms with van der Waals surface area (Å²) in [6.07, 6.45) is 0. The van der Waals surface area contributed by atoms with E-state index in [4.69, 9.17) is 4.42 Å². The van der Waals surface area contributed by atoms with E-state index in [-0.39, 0.29) is 0 Å². The van der Waals surface area contributed by atoms with Crippen LogP contribution in [0.2, 0.25) is 0 Å². The summed E-state index contributed by atoms with van der Waals surface area (Å²) in [5.41, 5.74) is 7.48. The maximum atomic E-state index is 6.25. The first-order chi connectivity index (χ1) is 21.3. The third-order valence-corrected chi connectivity index (χ3v) is 9.56. The molecular weight excluding hydrogens is 543 g/mol. The molecule has 0 spiro atoms. The Kier molecular flexibility index (Phi) is 5.40. The van der Waals surface area contributed by atoms with Crippen molar-refractivity contribution in [3.8, 4) is 11.1 Å². The average Bonchev–Trinajstić information content (AvgIpc) is 3.61. The Morgan fingerprint density at radius 1 is 0.395 bits per heavy atom. The summed E-state index contributed by atoms with van der Waals surface area (Å²) >= 11 is 1.87. The van der Waals surface area contributed by atoms with Gasteiger partial charge in [-0.25, -0.2) is 0 Å². The molecule has 7 aromatic carbocycles. The number of thiophene rings is 1. The molecule has 0 amide bonds. The second-order valence-electron chi connectivity index (χ2n) is 11.0. The summed E-state index contributed by atoms with van der Waals surface area (Å²) in [5.74, 6) is 0. The number of hydrogen-bond donors (Lipinski definition) is 0. The lowest BCUT2D eigenvalue weighted by atomic mass is 10.0. The van der Waals surface area contributed by atoms with E-state index in [1.165, 1.54) is 42.1 Å². The van der Waals surface area contributed by atoms with Crippen LogP contribution in [0.25, 0.3) is 64.0 Å². The number of nitrogens with zero attached hydrogens (tertiary/aromatic N) is 1. The van der Waals surface area contributed by atoms with Crippen LogP contribution < -0.4 is 4.90 Å². The van der Waals surface area contributed by atoms with Gasteiger partial charge in [0.05, 0.1) is 0 Å². The highest BCUT2D eigenvalue weighted by Crippen LogP contribution is 2.41. The van der Waals surface area contributed by atoms with Crippen LogP contribution in [0.4, 0.5) is 17.1 Å². The standard InChI is InChI=1S/C40H25NOS/c1-2-10-30(11-3-1)41(32-19-20-34-33-12-6-7-13-37(33)42-38(34)25-32)31-17-14-26(15-18-31)29-16-21-39-35(23-29)36-22-27-8-4-5-9-28(27)24-40(36)43-39/h1-25H. The summed E-state index contributed by atoms with van der Waals surface area (Å²) in [6.45, 7) is 0. The van der Waals surface area contributed by atoms with Gasteiger partial charge in [0.15, 0.2) is 0 Å². The number of benzene rings is 7. The molecule has 2 aromatic heterocycles. The van der Waals surface area contributed by atoms with Gasteiger partial charge in [0.2, 0.25) is 0 Å². The topological polar surface area (TPSA) is 16.4 Å². The van der Waals surface area contributed by atoms with Crippen LogP contribution in [-0.2, 0) is 0 Å². The zero-order valence-electron chi connectivity index (χ0n) is 23.2. The van der Waals surface area contributed by atoms with Crippen LogP contribution in [0.5, 0.6) is 0 Å². The number of fused-ring (bicyclic) bond motifs is 7. The molecule has 0 aliphatic heterocycles. The van der Waals surface area contributed by atoms with E-state index in [1.807, 2.05) is 23.5 Å². The van der Waals surface area contributed by atoms with E-state index < -0.39 is 0 Å². The Labute approximate surface area is 252 Å². The maximum Gasteiger partial charge on any atom is 0.137 e. The van der Waals surface area contributed by atoms with E-state index in [0.717, 1.165) is 39.0 Å². The molecule has 0 saturated heterocycles. The molecule has 0 saturated carbocycles. The van der Waals surface area contributed by atoms with E-state index in [1.54, 1.807) is 0 Å². The zero-order chi connectivity index (χ0) is 28.3. The van der Waals surface area contributed by atoms with Crippen molar-refractivity contribution in [3.05, 3.63) is 152 Å². The molecule has 43 heavy (non-hydrogen) atoms. The minimum atomic E-state index is 0.889. The van der Waals surface area contributed by atoms with Crippen molar-refractivity contribution in [1.82, 2.24) is 0 Å². The van der Waals surface area contributed by atoms with Crippen LogP contribution in [0.3, 0.4) is 0 Å². The lowest BCUT2D eigenvalue weighted by molar-refractivity contribution is 0.669. The summed E-state index contributed by atoms with van der Waals surface area (Å²) in [7, 11) is 0. The van der Waals surface area contributed by atoms with Gasteiger partial charge >= 0.3 is 0 Å². The zero-order valence-corrected chi connectivity index (χ0v) is 24.0. The molecule has 0 aliphatic rings. The lowest BCUT2D eigenvalue weighted by Crippen LogP contribution is -2.09. The highest BCUT2D eigenvalue weighted by Gasteiger charge is 2.16. The molecule has 202 valence electrons. The Morgan fingerprint density at radius 3 is 1.91 bits per heavy atom. The fourth-order valence-electron chi connectivity index (χ4n) is 6.32. The van der Waals surface area contributed by atoms with E-state index in [9.17, 15) is 0 Å². The molecule has 0 aliphatic carbocycles. The van der Waals surface area contributed by atoms with Crippen molar-refractivity contribution in [2.45, 2.75) is 0 Å². The molecule has 3 heteroatoms. The third kappa shape index (κ3) is 4.01. The molecular formula is C40H25NOS. The molecule has 0 N–H and O–H groups in total. The van der Waals surface area contributed by atoms with Crippen LogP contribution in [0.15, 0.2) is 156 Å². The van der Waals surface area contributed by atoms with Gasteiger partial charge in [-0.05, 0) is 88.6 Å². The third-order valence-electron chi connectivity index (χ3n) is 8.43. The number of furan rings is 1. The first-order valence-electron chi connectivity index (χ1n) is 14.5. The Balaban J connectivity index is 1.13. The number of anilines is 3. The Bertz CT molecular complexity index is 2450. The molecule has 0 unspecified atom stereocenters. The number of rotatable bonds is 4. The Hall–Kier alpha value is -5.38. The number of para-hydroxylation sites is 2. The van der Waals surface area contributed by atoms with Gasteiger partial charge in [0, 0.05) is 54.1 Å². The van der Waals surface area contributed by atoms with Crippen LogP contribution >= 0.6 is 11.3 Å². The van der Waals surface area contributed by atoms with E-state index in [2.05, 4.69) is 144 Å². The summed E-state index contributed by atoms with van der Waals surface area (Å²) in [5, 5.41) is 7.49. The van der Waals surface area contributed by atoms with Crippen LogP contribution in [0.1, 0.15) is 0 Å². The molecule has 2 heterocycles. The minimum Gasteiger partial charge on any atom is -0.456 e. The highest BCUT2D eigenvalue weighted by molar-refractivity contribution is 7.25. The summed E-state index contributed by atoms with van der Waals surface area (Å²) < 4.78 is 8.90. The summed E-state index contributed by atoms with van der Waals surface area (Å²) in [6, 6.07) is 54.3. The highest BCUT2D eigenvalue weighted by atomic mass is 32.1. The average molecular weight is 568 g/mol. The first kappa shape index (κ1) is 24.2. The van der Waals surface area contributed by atoms with Crippen LogP contribution in [-0.4, -0.2) is 0 Å². The SMILES string of the molecule is c1ccc(N(c2ccc(-c3ccc4sc5cc6ccccc6cc5c4c3)cc2)c2ccc3c(c2)oc2ccccc23)cc1. The largest absolute Gasteiger partial charge is 0.456 e. The second kappa shape index (κ2) is 9.59. The molecule has 9 aromatic rings. The maximum absolute atomic E-state index is 6.25. The Morgan fingerprint density at radius 2 is 1.05 bits per heavy atom. The molecule has 0 atom stereocenters. The van der Waals surface area contributed by atoms with Gasteiger partial charge < -0.3 is 9.32 Å². The van der Waals surface area contributed by atoms with Crippen molar-refractivity contribution in [2.75, 3.05) is 4.90 Å². The smallest absolute Gasteiger partial charge is 0.137 e. The van der Waals surface area contributed by atoms with Crippen molar-refractivity contribution < 1.29 is 4.42 Å². The van der Waals surface area contributed by atoms with Crippen molar-refractivity contribution in [2.24, 2.45) is 0 Å². The van der Waals surface area contributed by atoms with Crippen molar-refractivity contribution in [1.29, 1.82) is 0 Å². The van der Waals surface area contributed by atoms with Crippen LogP contribution in [0, 0.1) is 0 Å². The second-order valence-corrected chi connectivity index (χ2v) is 12.1. The molecule has 0 fully saturated rings. The number of hydrogen-bond acceptors (Lipinski definition) is 3. The van der Waals surface area contributed by atoms with Gasteiger partial charge in [-0.1, -0.05) is 78.9 Å². The molecule has 9 rings (SSSR count). The van der Waals surface area contributed by atoms with Gasteiger partial charge in [0.25, 0.3) is 0 Å². The van der Waals surface area contributed by atoms with Crippen molar-refractivity contribution in [3.63, 3.8) is 0 Å². The molecule has 0 bridgehead atoms. The van der Waals surface area contributed by atoms with Gasteiger partial charge in [-0.2, -0.15) is 0 Å². The normalized spacial score (nSPS) is 11.7. The monoisotopic (exact) mass is 567 g/mol. The molecule has 2 nitrogen and oxygen atoms in total. The van der Waals surface area contributed by atoms with E-state index in [0.29, 0.717) is 0 Å². The first-order valence-corrected chi connectivity index (χ1v) is 15.3. The molecule has 0 radical (unpaired) electrons. The minimum absolute atomic E-state index is 0.889. The summed E-state index contributed by atoms with van der Waals surface area (Å²) in [4.78, 5) is 2.29. The van der Waals surface area contributed by atoms with Crippen molar-refractivity contribution >= 4 is 81.3 Å². The fourth-order valence-corrected chi connectivity index (χ4v) is 7.44. The van der Waals surface area contributed by atoms with Gasteiger partial charge in [-0.3, -0.25) is 0 Å².